The normalized spacial score (nSPS) is 17.2. The van der Waals surface area contributed by atoms with Gasteiger partial charge >= 0.3 is 0 Å². The highest BCUT2D eigenvalue weighted by molar-refractivity contribution is 5.18. The number of aromatic nitrogens is 2. The zero-order chi connectivity index (χ0) is 10.7. The topological polar surface area (TPSA) is 47.0 Å². The summed E-state index contributed by atoms with van der Waals surface area (Å²) in [4.78, 5) is 8.92. The molecular formula is C11H17N3O. The van der Waals surface area contributed by atoms with E-state index < -0.39 is 0 Å². The molecule has 0 saturated heterocycles. The molecule has 0 fully saturated rings. The maximum Gasteiger partial charge on any atom is 0.130 e. The van der Waals surface area contributed by atoms with Crippen LogP contribution in [-0.4, -0.2) is 29.7 Å². The predicted octanol–water partition coefficient (Wildman–Crippen LogP) is 0.700. The van der Waals surface area contributed by atoms with Gasteiger partial charge in [-0.15, -0.1) is 0 Å². The molecule has 1 atom stereocenters. The fourth-order valence-corrected chi connectivity index (χ4v) is 1.65. The Hall–Kier alpha value is -1.00. The van der Waals surface area contributed by atoms with Gasteiger partial charge in [-0.25, -0.2) is 9.97 Å². The van der Waals surface area contributed by atoms with Gasteiger partial charge in [-0.05, 0) is 14.0 Å². The fraction of sp³-hybridized carbons (Fsp3) is 0.636. The van der Waals surface area contributed by atoms with Crippen molar-refractivity contribution in [1.82, 2.24) is 15.3 Å². The number of hydrogen-bond acceptors (Lipinski definition) is 4. The van der Waals surface area contributed by atoms with E-state index in [9.17, 15) is 0 Å². The molecule has 0 amide bonds. The SMILES string of the molecule is CNC(C)Cc1ncc2c(n1)CCOC2. The minimum absolute atomic E-state index is 0.419. The van der Waals surface area contributed by atoms with Gasteiger partial charge in [0.05, 0.1) is 18.9 Å². The van der Waals surface area contributed by atoms with Crippen LogP contribution < -0.4 is 5.32 Å². The minimum Gasteiger partial charge on any atom is -0.376 e. The molecule has 0 aromatic carbocycles. The van der Waals surface area contributed by atoms with Crippen LogP contribution in [0.3, 0.4) is 0 Å². The molecule has 0 aliphatic carbocycles. The van der Waals surface area contributed by atoms with Crippen molar-refractivity contribution in [3.63, 3.8) is 0 Å². The highest BCUT2D eigenvalue weighted by atomic mass is 16.5. The van der Waals surface area contributed by atoms with Crippen LogP contribution in [0.5, 0.6) is 0 Å². The average molecular weight is 207 g/mol. The average Bonchev–Trinajstić information content (AvgIpc) is 2.29. The molecule has 1 aromatic heterocycles. The van der Waals surface area contributed by atoms with Crippen LogP contribution in [0.25, 0.3) is 0 Å². The second-order valence-electron chi connectivity index (χ2n) is 3.95. The van der Waals surface area contributed by atoms with Crippen molar-refractivity contribution in [2.24, 2.45) is 0 Å². The van der Waals surface area contributed by atoms with Crippen molar-refractivity contribution in [1.29, 1.82) is 0 Å². The lowest BCUT2D eigenvalue weighted by Crippen LogP contribution is -2.25. The molecule has 4 nitrogen and oxygen atoms in total. The zero-order valence-corrected chi connectivity index (χ0v) is 9.29. The van der Waals surface area contributed by atoms with Crippen molar-refractivity contribution in [2.75, 3.05) is 13.7 Å². The first-order valence-electron chi connectivity index (χ1n) is 5.38. The molecule has 0 radical (unpaired) electrons. The summed E-state index contributed by atoms with van der Waals surface area (Å²) < 4.78 is 5.35. The lowest BCUT2D eigenvalue weighted by atomic mass is 10.1. The number of hydrogen-bond donors (Lipinski definition) is 1. The van der Waals surface area contributed by atoms with Gasteiger partial charge in [0.1, 0.15) is 5.82 Å². The van der Waals surface area contributed by atoms with E-state index in [4.69, 9.17) is 4.74 Å². The van der Waals surface area contributed by atoms with Gasteiger partial charge in [-0.3, -0.25) is 0 Å². The van der Waals surface area contributed by atoms with Crippen LogP contribution in [0.4, 0.5) is 0 Å². The Morgan fingerprint density at radius 2 is 2.47 bits per heavy atom. The Labute approximate surface area is 90.1 Å². The van der Waals surface area contributed by atoms with E-state index in [2.05, 4.69) is 22.2 Å². The molecule has 2 heterocycles. The Kier molecular flexibility index (Phi) is 3.28. The summed E-state index contributed by atoms with van der Waals surface area (Å²) in [7, 11) is 1.96. The molecule has 0 bridgehead atoms. The number of rotatable bonds is 3. The van der Waals surface area contributed by atoms with Crippen molar-refractivity contribution >= 4 is 0 Å². The molecular weight excluding hydrogens is 190 g/mol. The third-order valence-electron chi connectivity index (χ3n) is 2.73. The zero-order valence-electron chi connectivity index (χ0n) is 9.29. The molecule has 1 aliphatic heterocycles. The third kappa shape index (κ3) is 2.52. The number of nitrogens with one attached hydrogen (secondary N) is 1. The first kappa shape index (κ1) is 10.5. The molecule has 1 unspecified atom stereocenters. The van der Waals surface area contributed by atoms with Crippen LogP contribution in [0.15, 0.2) is 6.20 Å². The molecule has 0 spiro atoms. The number of likely N-dealkylation sites (N-methyl/N-ethyl adjacent to an activating group) is 1. The van der Waals surface area contributed by atoms with Crippen molar-refractivity contribution in [2.45, 2.75) is 32.4 Å². The van der Waals surface area contributed by atoms with Gasteiger partial charge in [0.25, 0.3) is 0 Å². The number of ether oxygens (including phenoxy) is 1. The van der Waals surface area contributed by atoms with Crippen LogP contribution in [0.2, 0.25) is 0 Å². The summed E-state index contributed by atoms with van der Waals surface area (Å²) in [5.41, 5.74) is 2.30. The molecule has 0 saturated carbocycles. The van der Waals surface area contributed by atoms with Gasteiger partial charge in [0.15, 0.2) is 0 Å². The van der Waals surface area contributed by atoms with Crippen molar-refractivity contribution in [3.05, 3.63) is 23.3 Å². The van der Waals surface area contributed by atoms with Crippen LogP contribution in [0, 0.1) is 0 Å². The van der Waals surface area contributed by atoms with Crippen molar-refractivity contribution in [3.8, 4) is 0 Å². The van der Waals surface area contributed by atoms with E-state index in [0.717, 1.165) is 36.5 Å². The van der Waals surface area contributed by atoms with Crippen LogP contribution >= 0.6 is 0 Å². The summed E-state index contributed by atoms with van der Waals surface area (Å²) in [5.74, 6) is 0.928. The molecule has 15 heavy (non-hydrogen) atoms. The van der Waals surface area contributed by atoms with E-state index in [1.807, 2.05) is 13.2 Å². The third-order valence-corrected chi connectivity index (χ3v) is 2.73. The summed E-state index contributed by atoms with van der Waals surface area (Å²) in [6, 6.07) is 0.419. The lowest BCUT2D eigenvalue weighted by molar-refractivity contribution is 0.108. The van der Waals surface area contributed by atoms with E-state index in [-0.39, 0.29) is 0 Å². The summed E-state index contributed by atoms with van der Waals surface area (Å²) >= 11 is 0. The van der Waals surface area contributed by atoms with Crippen molar-refractivity contribution < 1.29 is 4.74 Å². The van der Waals surface area contributed by atoms with Gasteiger partial charge in [0, 0.05) is 30.6 Å². The second kappa shape index (κ2) is 4.68. The molecule has 2 rings (SSSR count). The van der Waals surface area contributed by atoms with E-state index >= 15 is 0 Å². The fourth-order valence-electron chi connectivity index (χ4n) is 1.65. The Balaban J connectivity index is 2.13. The first-order chi connectivity index (χ1) is 7.29. The standard InChI is InChI=1S/C11H17N3O/c1-8(12-2)5-11-13-6-9-7-15-4-3-10(9)14-11/h6,8,12H,3-5,7H2,1-2H3. The first-order valence-corrected chi connectivity index (χ1v) is 5.38. The predicted molar refractivity (Wildman–Crippen MR) is 57.6 cm³/mol. The van der Waals surface area contributed by atoms with Gasteiger partial charge in [-0.1, -0.05) is 0 Å². The molecule has 1 aromatic rings. The highest BCUT2D eigenvalue weighted by Crippen LogP contribution is 2.13. The maximum absolute atomic E-state index is 5.35. The number of nitrogens with zero attached hydrogens (tertiary/aromatic N) is 2. The Morgan fingerprint density at radius 3 is 3.27 bits per heavy atom. The Morgan fingerprint density at radius 1 is 1.60 bits per heavy atom. The number of fused-ring (bicyclic) bond motifs is 1. The minimum atomic E-state index is 0.419. The summed E-state index contributed by atoms with van der Waals surface area (Å²) in [6.45, 7) is 3.58. The smallest absolute Gasteiger partial charge is 0.130 e. The molecule has 82 valence electrons. The highest BCUT2D eigenvalue weighted by Gasteiger charge is 2.13. The second-order valence-corrected chi connectivity index (χ2v) is 3.95. The van der Waals surface area contributed by atoms with Crippen LogP contribution in [-0.2, 0) is 24.2 Å². The quantitative estimate of drug-likeness (QED) is 0.792. The molecule has 1 N–H and O–H groups in total. The monoisotopic (exact) mass is 207 g/mol. The maximum atomic E-state index is 5.35. The molecule has 1 aliphatic rings. The summed E-state index contributed by atoms with van der Waals surface area (Å²) in [6.07, 6.45) is 3.70. The van der Waals surface area contributed by atoms with Gasteiger partial charge in [-0.2, -0.15) is 0 Å². The van der Waals surface area contributed by atoms with E-state index in [1.54, 1.807) is 0 Å². The Bertz CT molecular complexity index is 341. The van der Waals surface area contributed by atoms with E-state index in [1.165, 1.54) is 0 Å². The summed E-state index contributed by atoms with van der Waals surface area (Å²) in [5, 5.41) is 3.19. The van der Waals surface area contributed by atoms with Gasteiger partial charge in [0.2, 0.25) is 0 Å². The van der Waals surface area contributed by atoms with E-state index in [0.29, 0.717) is 12.6 Å². The van der Waals surface area contributed by atoms with Crippen LogP contribution in [0.1, 0.15) is 24.0 Å². The lowest BCUT2D eigenvalue weighted by Gasteiger charge is -2.16. The molecule has 4 heteroatoms. The largest absolute Gasteiger partial charge is 0.376 e. The van der Waals surface area contributed by atoms with Gasteiger partial charge < -0.3 is 10.1 Å².